The molecule has 0 aliphatic heterocycles. The van der Waals surface area contributed by atoms with Crippen LogP contribution in [0.2, 0.25) is 0 Å². The van der Waals surface area contributed by atoms with Crippen molar-refractivity contribution in [1.29, 1.82) is 0 Å². The molecule has 0 rings (SSSR count). The molecule has 0 fully saturated rings. The number of rotatable bonds is 13. The lowest BCUT2D eigenvalue weighted by molar-refractivity contribution is -0.150. The van der Waals surface area contributed by atoms with Crippen molar-refractivity contribution in [3.05, 3.63) is 0 Å². The Kier molecular flexibility index (Phi) is 11.6. The Hall–Kier alpha value is -0.650. The van der Waals surface area contributed by atoms with Crippen LogP contribution in [0.5, 0.6) is 0 Å². The van der Waals surface area contributed by atoms with Crippen molar-refractivity contribution in [1.82, 2.24) is 10.2 Å². The van der Waals surface area contributed by atoms with Gasteiger partial charge in [-0.3, -0.25) is 4.79 Å². The molecular formula is C16H34N2O3. The Morgan fingerprint density at radius 1 is 1.14 bits per heavy atom. The summed E-state index contributed by atoms with van der Waals surface area (Å²) < 4.78 is 10.5. The summed E-state index contributed by atoms with van der Waals surface area (Å²) in [6.07, 6.45) is 2.88. The molecule has 0 saturated carbocycles. The van der Waals surface area contributed by atoms with E-state index in [-0.39, 0.29) is 5.97 Å². The summed E-state index contributed by atoms with van der Waals surface area (Å²) in [7, 11) is 1.82. The molecular weight excluding hydrogens is 268 g/mol. The van der Waals surface area contributed by atoms with Crippen molar-refractivity contribution < 1.29 is 14.3 Å². The first kappa shape index (κ1) is 20.3. The smallest absolute Gasteiger partial charge is 0.326 e. The molecule has 1 N–H and O–H groups in total. The van der Waals surface area contributed by atoms with Crippen LogP contribution in [-0.4, -0.2) is 62.9 Å². The van der Waals surface area contributed by atoms with Crippen molar-refractivity contribution in [2.24, 2.45) is 0 Å². The monoisotopic (exact) mass is 302 g/mol. The van der Waals surface area contributed by atoms with Gasteiger partial charge >= 0.3 is 5.97 Å². The van der Waals surface area contributed by atoms with Crippen LogP contribution in [0.3, 0.4) is 0 Å². The first-order valence-corrected chi connectivity index (χ1v) is 8.20. The Balaban J connectivity index is 4.01. The van der Waals surface area contributed by atoms with E-state index in [2.05, 4.69) is 17.1 Å². The van der Waals surface area contributed by atoms with Gasteiger partial charge in [0.25, 0.3) is 0 Å². The first-order chi connectivity index (χ1) is 10.0. The third kappa shape index (κ3) is 8.39. The molecule has 0 aliphatic rings. The second kappa shape index (κ2) is 12.0. The molecule has 0 saturated heterocycles. The highest BCUT2D eigenvalue weighted by Gasteiger charge is 2.32. The van der Waals surface area contributed by atoms with Crippen LogP contribution < -0.4 is 5.32 Å². The SMILES string of the molecule is CCOCCN(CC)CCCCC(C)(NC)C(=O)OCC. The molecule has 0 amide bonds. The molecule has 21 heavy (non-hydrogen) atoms. The van der Waals surface area contributed by atoms with Crippen molar-refractivity contribution in [3.63, 3.8) is 0 Å². The van der Waals surface area contributed by atoms with Gasteiger partial charge in [-0.05, 0) is 60.2 Å². The maximum Gasteiger partial charge on any atom is 0.326 e. The molecule has 0 aliphatic carbocycles. The summed E-state index contributed by atoms with van der Waals surface area (Å²) in [5.74, 6) is -0.156. The number of ether oxygens (including phenoxy) is 2. The zero-order valence-corrected chi connectivity index (χ0v) is 14.5. The van der Waals surface area contributed by atoms with Gasteiger partial charge in [-0.15, -0.1) is 0 Å². The van der Waals surface area contributed by atoms with Crippen LogP contribution in [0.25, 0.3) is 0 Å². The van der Waals surface area contributed by atoms with Gasteiger partial charge in [0.2, 0.25) is 0 Å². The van der Waals surface area contributed by atoms with Gasteiger partial charge in [0, 0.05) is 13.2 Å². The zero-order chi connectivity index (χ0) is 16.1. The minimum atomic E-state index is -0.571. The predicted molar refractivity (Wildman–Crippen MR) is 86.6 cm³/mol. The number of hydrogen-bond acceptors (Lipinski definition) is 5. The van der Waals surface area contributed by atoms with E-state index < -0.39 is 5.54 Å². The second-order valence-electron chi connectivity index (χ2n) is 5.39. The lowest BCUT2D eigenvalue weighted by Gasteiger charge is -2.27. The standard InChI is InChI=1S/C16H34N2O3/c1-6-18(13-14-20-7-2)12-10-9-11-16(4,17-5)15(19)21-8-3/h17H,6-14H2,1-5H3. The normalized spacial score (nSPS) is 14.2. The Morgan fingerprint density at radius 3 is 2.38 bits per heavy atom. The minimum absolute atomic E-state index is 0.156. The van der Waals surface area contributed by atoms with Crippen LogP contribution in [-0.2, 0) is 14.3 Å². The fraction of sp³-hybridized carbons (Fsp3) is 0.938. The fourth-order valence-electron chi connectivity index (χ4n) is 2.20. The number of likely N-dealkylation sites (N-methyl/N-ethyl adjacent to an activating group) is 2. The molecule has 5 heteroatoms. The largest absolute Gasteiger partial charge is 0.465 e. The highest BCUT2D eigenvalue weighted by atomic mass is 16.5. The van der Waals surface area contributed by atoms with E-state index in [1.807, 2.05) is 27.8 Å². The molecule has 0 aromatic rings. The maximum atomic E-state index is 11.9. The third-order valence-electron chi connectivity index (χ3n) is 3.88. The second-order valence-corrected chi connectivity index (χ2v) is 5.39. The van der Waals surface area contributed by atoms with Crippen LogP contribution in [0.15, 0.2) is 0 Å². The maximum absolute atomic E-state index is 11.9. The number of nitrogens with one attached hydrogen (secondary N) is 1. The summed E-state index contributed by atoms with van der Waals surface area (Å²) in [6.45, 7) is 13.0. The average molecular weight is 302 g/mol. The zero-order valence-electron chi connectivity index (χ0n) is 14.5. The molecule has 0 aromatic carbocycles. The van der Waals surface area contributed by atoms with Crippen LogP contribution >= 0.6 is 0 Å². The number of nitrogens with zero attached hydrogens (tertiary/aromatic N) is 1. The molecule has 0 radical (unpaired) electrons. The highest BCUT2D eigenvalue weighted by molar-refractivity contribution is 5.80. The quantitative estimate of drug-likeness (QED) is 0.417. The van der Waals surface area contributed by atoms with Gasteiger partial charge in [-0.25, -0.2) is 0 Å². The van der Waals surface area contributed by atoms with E-state index in [9.17, 15) is 4.79 Å². The third-order valence-corrected chi connectivity index (χ3v) is 3.88. The first-order valence-electron chi connectivity index (χ1n) is 8.20. The number of unbranched alkanes of at least 4 members (excludes halogenated alkanes) is 1. The average Bonchev–Trinajstić information content (AvgIpc) is 2.49. The topological polar surface area (TPSA) is 50.8 Å². The van der Waals surface area contributed by atoms with Gasteiger partial charge in [-0.1, -0.05) is 6.92 Å². The van der Waals surface area contributed by atoms with E-state index in [1.54, 1.807) is 0 Å². The summed E-state index contributed by atoms with van der Waals surface area (Å²) in [5, 5.41) is 3.10. The number of esters is 1. The van der Waals surface area contributed by atoms with E-state index in [1.165, 1.54) is 0 Å². The lowest BCUT2D eigenvalue weighted by Crippen LogP contribution is -2.48. The molecule has 0 aromatic heterocycles. The molecule has 0 heterocycles. The Morgan fingerprint density at radius 2 is 1.86 bits per heavy atom. The summed E-state index contributed by atoms with van der Waals surface area (Å²) in [4.78, 5) is 14.3. The van der Waals surface area contributed by atoms with Gasteiger partial charge in [0.15, 0.2) is 0 Å². The van der Waals surface area contributed by atoms with Crippen molar-refractivity contribution in [2.45, 2.75) is 52.5 Å². The van der Waals surface area contributed by atoms with Crippen molar-refractivity contribution in [2.75, 3.05) is 46.5 Å². The van der Waals surface area contributed by atoms with Gasteiger partial charge in [0.1, 0.15) is 5.54 Å². The molecule has 1 unspecified atom stereocenters. The fourth-order valence-corrected chi connectivity index (χ4v) is 2.20. The Bertz CT molecular complexity index is 274. The highest BCUT2D eigenvalue weighted by Crippen LogP contribution is 2.16. The minimum Gasteiger partial charge on any atom is -0.465 e. The lowest BCUT2D eigenvalue weighted by atomic mass is 9.95. The van der Waals surface area contributed by atoms with Crippen molar-refractivity contribution >= 4 is 5.97 Å². The molecule has 126 valence electrons. The summed E-state index contributed by atoms with van der Waals surface area (Å²) >= 11 is 0. The number of carbonyl (C=O) groups excluding carboxylic acids is 1. The van der Waals surface area contributed by atoms with E-state index in [0.29, 0.717) is 6.61 Å². The van der Waals surface area contributed by atoms with Gasteiger partial charge in [-0.2, -0.15) is 0 Å². The van der Waals surface area contributed by atoms with E-state index in [4.69, 9.17) is 9.47 Å². The molecule has 0 bridgehead atoms. The number of hydrogen-bond donors (Lipinski definition) is 1. The Labute approximate surface area is 130 Å². The summed E-state index contributed by atoms with van der Waals surface area (Å²) in [5.41, 5.74) is -0.571. The van der Waals surface area contributed by atoms with Gasteiger partial charge < -0.3 is 19.7 Å². The van der Waals surface area contributed by atoms with Crippen LogP contribution in [0.4, 0.5) is 0 Å². The van der Waals surface area contributed by atoms with Crippen molar-refractivity contribution in [3.8, 4) is 0 Å². The predicted octanol–water partition coefficient (Wildman–Crippen LogP) is 2.06. The molecule has 1 atom stereocenters. The van der Waals surface area contributed by atoms with Crippen LogP contribution in [0, 0.1) is 0 Å². The molecule has 0 spiro atoms. The molecule has 5 nitrogen and oxygen atoms in total. The van der Waals surface area contributed by atoms with E-state index in [0.717, 1.165) is 52.1 Å². The number of carbonyl (C=O) groups is 1. The van der Waals surface area contributed by atoms with Crippen LogP contribution in [0.1, 0.15) is 47.0 Å². The summed E-state index contributed by atoms with van der Waals surface area (Å²) in [6, 6.07) is 0. The van der Waals surface area contributed by atoms with Gasteiger partial charge in [0.05, 0.1) is 13.2 Å². The van der Waals surface area contributed by atoms with E-state index >= 15 is 0 Å².